The fraction of sp³-hybridized carbons (Fsp3) is 0.385. The average molecular weight is 328 g/mol. The van der Waals surface area contributed by atoms with E-state index in [2.05, 4.69) is 0 Å². The largest absolute Gasteiger partial charge is 0.480 e. The highest BCUT2D eigenvalue weighted by Crippen LogP contribution is 2.17. The van der Waals surface area contributed by atoms with E-state index in [1.54, 1.807) is 12.1 Å². The number of guanidine groups is 1. The van der Waals surface area contributed by atoms with Crippen LogP contribution in [0.1, 0.15) is 18.4 Å². The van der Waals surface area contributed by atoms with Gasteiger partial charge in [0.15, 0.2) is 0 Å². The summed E-state index contributed by atoms with van der Waals surface area (Å²) in [6, 6.07) is 5.08. The summed E-state index contributed by atoms with van der Waals surface area (Å²) in [5, 5.41) is 16.1. The number of hydrogen-bond donors (Lipinski definition) is 4. The van der Waals surface area contributed by atoms with E-state index in [1.165, 1.54) is 12.1 Å². The predicted octanol–water partition coefficient (Wildman–Crippen LogP) is 0.0713. The van der Waals surface area contributed by atoms with Gasteiger partial charge in [0, 0.05) is 6.54 Å². The first-order chi connectivity index (χ1) is 10.2. The second-order valence-electron chi connectivity index (χ2n) is 4.86. The van der Waals surface area contributed by atoms with E-state index in [1.807, 2.05) is 6.92 Å². The topological polar surface area (TPSA) is 151 Å². The molecule has 0 bridgehead atoms. The minimum absolute atomic E-state index is 0.0239. The summed E-state index contributed by atoms with van der Waals surface area (Å²) in [7, 11) is -3.94. The van der Waals surface area contributed by atoms with E-state index in [0.717, 1.165) is 9.87 Å². The molecule has 1 unspecified atom stereocenters. The molecule has 0 radical (unpaired) electrons. The molecule has 0 aromatic heterocycles. The van der Waals surface area contributed by atoms with Crippen molar-refractivity contribution in [2.75, 3.05) is 6.54 Å². The lowest BCUT2D eigenvalue weighted by atomic mass is 10.2. The summed E-state index contributed by atoms with van der Waals surface area (Å²) in [5.74, 6) is -1.78. The third-order valence-corrected chi connectivity index (χ3v) is 4.90. The van der Waals surface area contributed by atoms with Crippen LogP contribution in [0.3, 0.4) is 0 Å². The number of nitrogens with two attached hydrogens (primary N) is 2. The number of carbonyl (C=O) groups is 1. The molecule has 0 spiro atoms. The Morgan fingerprint density at radius 2 is 1.91 bits per heavy atom. The summed E-state index contributed by atoms with van der Waals surface area (Å²) < 4.78 is 25.6. The minimum atomic E-state index is -3.94. The average Bonchev–Trinajstić information content (AvgIpc) is 2.42. The number of rotatable bonds is 7. The maximum Gasteiger partial charge on any atom is 0.320 e. The highest BCUT2D eigenvalue weighted by atomic mass is 32.2. The molecule has 6 N–H and O–H groups in total. The number of carboxylic acid groups (broad SMARTS) is 1. The second-order valence-corrected chi connectivity index (χ2v) is 6.72. The van der Waals surface area contributed by atoms with E-state index in [4.69, 9.17) is 22.0 Å². The van der Waals surface area contributed by atoms with E-state index >= 15 is 0 Å². The van der Waals surface area contributed by atoms with Gasteiger partial charge in [0.1, 0.15) is 6.04 Å². The molecule has 0 aliphatic heterocycles. The van der Waals surface area contributed by atoms with Gasteiger partial charge in [-0.15, -0.1) is 0 Å². The Morgan fingerprint density at radius 3 is 2.36 bits per heavy atom. The highest BCUT2D eigenvalue weighted by Gasteiger charge is 2.25. The van der Waals surface area contributed by atoms with Crippen LogP contribution in [0.5, 0.6) is 0 Å². The standard InChI is InChI=1S/C13H20N4O4S/c1-9-4-6-10(7-5-9)22(20,21)17(13(15)16)8-2-3-11(14)12(18)19/h4-7,11H,2-3,8,14H2,1H3,(H3,15,16)(H,18,19). The first-order valence-corrected chi connectivity index (χ1v) is 8.02. The zero-order valence-corrected chi connectivity index (χ0v) is 13.0. The third kappa shape index (κ3) is 4.43. The Balaban J connectivity index is 2.88. The Labute approximate surface area is 129 Å². The molecule has 122 valence electrons. The lowest BCUT2D eigenvalue weighted by molar-refractivity contribution is -0.138. The van der Waals surface area contributed by atoms with Crippen molar-refractivity contribution in [3.63, 3.8) is 0 Å². The normalized spacial score (nSPS) is 12.6. The summed E-state index contributed by atoms with van der Waals surface area (Å²) in [5.41, 5.74) is 11.6. The molecule has 0 saturated carbocycles. The molecule has 0 aliphatic carbocycles. The molecule has 1 aromatic carbocycles. The van der Waals surface area contributed by atoms with Gasteiger partial charge in [0.2, 0.25) is 5.96 Å². The first-order valence-electron chi connectivity index (χ1n) is 6.58. The number of carboxylic acids is 1. The zero-order chi connectivity index (χ0) is 16.9. The van der Waals surface area contributed by atoms with Crippen molar-refractivity contribution in [2.24, 2.45) is 11.5 Å². The molecule has 0 heterocycles. The van der Waals surface area contributed by atoms with E-state index in [-0.39, 0.29) is 24.3 Å². The van der Waals surface area contributed by atoms with Crippen LogP contribution in [-0.2, 0) is 14.8 Å². The molecule has 0 saturated heterocycles. The first kappa shape index (κ1) is 17.9. The van der Waals surface area contributed by atoms with Crippen LogP contribution in [0.15, 0.2) is 29.2 Å². The number of nitrogens with one attached hydrogen (secondary N) is 1. The third-order valence-electron chi connectivity index (χ3n) is 3.07. The molecule has 8 nitrogen and oxygen atoms in total. The van der Waals surface area contributed by atoms with Crippen LogP contribution in [0.4, 0.5) is 0 Å². The van der Waals surface area contributed by atoms with Gasteiger partial charge in [-0.3, -0.25) is 10.2 Å². The number of nitrogens with zero attached hydrogens (tertiary/aromatic N) is 1. The van der Waals surface area contributed by atoms with E-state index in [0.29, 0.717) is 0 Å². The minimum Gasteiger partial charge on any atom is -0.480 e. The fourth-order valence-corrected chi connectivity index (χ4v) is 3.15. The summed E-state index contributed by atoms with van der Waals surface area (Å²) in [6.45, 7) is 1.72. The Morgan fingerprint density at radius 1 is 1.36 bits per heavy atom. The number of hydrogen-bond acceptors (Lipinski definition) is 5. The SMILES string of the molecule is Cc1ccc(S(=O)(=O)N(CCCC(N)C(=O)O)C(=N)N)cc1. The van der Waals surface area contributed by atoms with Crippen LogP contribution in [0.2, 0.25) is 0 Å². The molecule has 1 atom stereocenters. The van der Waals surface area contributed by atoms with Crippen molar-refractivity contribution in [1.82, 2.24) is 4.31 Å². The van der Waals surface area contributed by atoms with Gasteiger partial charge in [-0.05, 0) is 31.9 Å². The van der Waals surface area contributed by atoms with Gasteiger partial charge >= 0.3 is 5.97 Å². The van der Waals surface area contributed by atoms with Crippen LogP contribution >= 0.6 is 0 Å². The lowest BCUT2D eigenvalue weighted by Crippen LogP contribution is -2.42. The van der Waals surface area contributed by atoms with Gasteiger partial charge in [0.25, 0.3) is 10.0 Å². The number of aliphatic carboxylic acids is 1. The Kier molecular flexibility index (Phi) is 5.89. The quantitative estimate of drug-likeness (QED) is 0.411. The molecule has 9 heteroatoms. The number of sulfonamides is 1. The van der Waals surface area contributed by atoms with Crippen molar-refractivity contribution in [2.45, 2.75) is 30.7 Å². The van der Waals surface area contributed by atoms with Crippen LogP contribution in [0.25, 0.3) is 0 Å². The van der Waals surface area contributed by atoms with Crippen molar-refractivity contribution in [3.05, 3.63) is 29.8 Å². The molecule has 0 fully saturated rings. The zero-order valence-electron chi connectivity index (χ0n) is 12.2. The summed E-state index contributed by atoms with van der Waals surface area (Å²) in [6.07, 6.45) is 0.265. The molecule has 22 heavy (non-hydrogen) atoms. The van der Waals surface area contributed by atoms with Crippen molar-refractivity contribution in [1.29, 1.82) is 5.41 Å². The van der Waals surface area contributed by atoms with E-state index in [9.17, 15) is 13.2 Å². The predicted molar refractivity (Wildman–Crippen MR) is 81.8 cm³/mol. The van der Waals surface area contributed by atoms with Gasteiger partial charge in [-0.25, -0.2) is 12.7 Å². The summed E-state index contributed by atoms with van der Waals surface area (Å²) >= 11 is 0. The van der Waals surface area contributed by atoms with Crippen LogP contribution < -0.4 is 11.5 Å². The Bertz CT molecular complexity index is 643. The molecule has 1 rings (SSSR count). The van der Waals surface area contributed by atoms with Gasteiger partial charge in [-0.2, -0.15) is 0 Å². The number of benzene rings is 1. The maximum absolute atomic E-state index is 12.5. The van der Waals surface area contributed by atoms with E-state index < -0.39 is 28.0 Å². The molecular weight excluding hydrogens is 308 g/mol. The van der Waals surface area contributed by atoms with Crippen molar-refractivity contribution >= 4 is 22.0 Å². The monoisotopic (exact) mass is 328 g/mol. The smallest absolute Gasteiger partial charge is 0.320 e. The lowest BCUT2D eigenvalue weighted by Gasteiger charge is -2.22. The maximum atomic E-state index is 12.5. The van der Waals surface area contributed by atoms with Crippen LogP contribution in [-0.4, -0.2) is 42.3 Å². The fourth-order valence-electron chi connectivity index (χ4n) is 1.79. The summed E-state index contributed by atoms with van der Waals surface area (Å²) in [4.78, 5) is 10.7. The van der Waals surface area contributed by atoms with Gasteiger partial charge in [0.05, 0.1) is 4.90 Å². The van der Waals surface area contributed by atoms with Gasteiger partial charge in [-0.1, -0.05) is 17.7 Å². The van der Waals surface area contributed by atoms with Crippen molar-refractivity contribution < 1.29 is 18.3 Å². The van der Waals surface area contributed by atoms with Crippen LogP contribution in [0, 0.1) is 12.3 Å². The molecule has 1 aromatic rings. The molecule has 0 aliphatic rings. The number of aryl methyl sites for hydroxylation is 1. The Hall–Kier alpha value is -2.13. The highest BCUT2D eigenvalue weighted by molar-refractivity contribution is 7.89. The molecule has 0 amide bonds. The van der Waals surface area contributed by atoms with Crippen molar-refractivity contribution in [3.8, 4) is 0 Å². The van der Waals surface area contributed by atoms with Gasteiger partial charge < -0.3 is 16.6 Å². The molecular formula is C13H20N4O4S. The second kappa shape index (κ2) is 7.23.